The van der Waals surface area contributed by atoms with Gasteiger partial charge in [-0.3, -0.25) is 0 Å². The van der Waals surface area contributed by atoms with E-state index in [1.54, 1.807) is 0 Å². The van der Waals surface area contributed by atoms with E-state index in [1.807, 2.05) is 6.92 Å². The molecule has 2 nitrogen and oxygen atoms in total. The van der Waals surface area contributed by atoms with Crippen molar-refractivity contribution < 1.29 is 8.42 Å². The SMILES string of the molecule is C=CS(=O)(=O)CCC. The molecule has 0 unspecified atom stereocenters. The molecule has 0 fully saturated rings. The van der Waals surface area contributed by atoms with E-state index in [1.165, 1.54) is 0 Å². The molecule has 0 bridgehead atoms. The number of hydrogen-bond acceptors (Lipinski definition) is 2. The summed E-state index contributed by atoms with van der Waals surface area (Å²) in [5.74, 6) is 0.219. The van der Waals surface area contributed by atoms with E-state index in [0.29, 0.717) is 6.42 Å². The first-order chi connectivity index (χ1) is 3.62. The summed E-state index contributed by atoms with van der Waals surface area (Å²) in [4.78, 5) is 0. The van der Waals surface area contributed by atoms with E-state index < -0.39 is 9.84 Å². The lowest BCUT2D eigenvalue weighted by Crippen LogP contribution is -1.98. The van der Waals surface area contributed by atoms with Gasteiger partial charge in [0.05, 0.1) is 5.75 Å². The van der Waals surface area contributed by atoms with Crippen LogP contribution in [0.2, 0.25) is 0 Å². The minimum atomic E-state index is -2.91. The van der Waals surface area contributed by atoms with Crippen molar-refractivity contribution >= 4 is 9.84 Å². The maximum absolute atomic E-state index is 10.5. The van der Waals surface area contributed by atoms with Gasteiger partial charge in [0.15, 0.2) is 9.84 Å². The number of sulfone groups is 1. The molecule has 8 heavy (non-hydrogen) atoms. The van der Waals surface area contributed by atoms with Crippen LogP contribution in [0, 0.1) is 0 Å². The lowest BCUT2D eigenvalue weighted by molar-refractivity contribution is 0.603. The predicted molar refractivity (Wildman–Crippen MR) is 34.3 cm³/mol. The molecular weight excluding hydrogens is 124 g/mol. The molecule has 0 radical (unpaired) electrons. The van der Waals surface area contributed by atoms with Crippen molar-refractivity contribution in [3.63, 3.8) is 0 Å². The minimum absolute atomic E-state index is 0.219. The zero-order valence-electron chi connectivity index (χ0n) is 4.92. The molecule has 0 saturated carbocycles. The van der Waals surface area contributed by atoms with Crippen LogP contribution in [0.3, 0.4) is 0 Å². The van der Waals surface area contributed by atoms with E-state index in [9.17, 15) is 8.42 Å². The summed E-state index contributed by atoms with van der Waals surface area (Å²) in [5.41, 5.74) is 0. The Labute approximate surface area is 50.1 Å². The van der Waals surface area contributed by atoms with Crippen molar-refractivity contribution in [3.8, 4) is 0 Å². The average molecular weight is 134 g/mol. The Morgan fingerprint density at radius 3 is 2.25 bits per heavy atom. The zero-order chi connectivity index (χ0) is 6.62. The van der Waals surface area contributed by atoms with Crippen molar-refractivity contribution in [3.05, 3.63) is 12.0 Å². The fraction of sp³-hybridized carbons (Fsp3) is 0.600. The molecule has 0 aromatic heterocycles. The second-order valence-electron chi connectivity index (χ2n) is 1.53. The predicted octanol–water partition coefficient (Wildman–Crippen LogP) is 0.955. The topological polar surface area (TPSA) is 34.1 Å². The molecule has 0 heterocycles. The van der Waals surface area contributed by atoms with Crippen molar-refractivity contribution in [1.29, 1.82) is 0 Å². The van der Waals surface area contributed by atoms with Crippen LogP contribution >= 0.6 is 0 Å². The van der Waals surface area contributed by atoms with Gasteiger partial charge in [-0.25, -0.2) is 8.42 Å². The Balaban J connectivity index is 3.95. The van der Waals surface area contributed by atoms with Crippen LogP contribution in [0.1, 0.15) is 13.3 Å². The van der Waals surface area contributed by atoms with Gasteiger partial charge in [-0.2, -0.15) is 0 Å². The molecule has 0 aliphatic heterocycles. The Morgan fingerprint density at radius 2 is 2.12 bits per heavy atom. The van der Waals surface area contributed by atoms with Gasteiger partial charge in [0.2, 0.25) is 0 Å². The smallest absolute Gasteiger partial charge is 0.171 e. The van der Waals surface area contributed by atoms with Crippen LogP contribution in [0.5, 0.6) is 0 Å². The summed E-state index contributed by atoms with van der Waals surface area (Å²) in [6.07, 6.45) is 0.661. The van der Waals surface area contributed by atoms with Crippen molar-refractivity contribution in [2.24, 2.45) is 0 Å². The van der Waals surface area contributed by atoms with Gasteiger partial charge < -0.3 is 0 Å². The van der Waals surface area contributed by atoms with Gasteiger partial charge in [-0.15, -0.1) is 0 Å². The molecule has 0 atom stereocenters. The van der Waals surface area contributed by atoms with Gasteiger partial charge in [0.1, 0.15) is 0 Å². The molecule has 48 valence electrons. The summed E-state index contributed by atoms with van der Waals surface area (Å²) in [5, 5.41) is 0.997. The van der Waals surface area contributed by atoms with Crippen molar-refractivity contribution in [2.45, 2.75) is 13.3 Å². The van der Waals surface area contributed by atoms with Gasteiger partial charge in [0, 0.05) is 5.41 Å². The lowest BCUT2D eigenvalue weighted by atomic mass is 10.6. The first kappa shape index (κ1) is 7.69. The molecule has 0 N–H and O–H groups in total. The van der Waals surface area contributed by atoms with E-state index in [-0.39, 0.29) is 5.75 Å². The van der Waals surface area contributed by atoms with Crippen LogP contribution in [-0.2, 0) is 9.84 Å². The monoisotopic (exact) mass is 134 g/mol. The van der Waals surface area contributed by atoms with Crippen LogP contribution < -0.4 is 0 Å². The van der Waals surface area contributed by atoms with Crippen molar-refractivity contribution in [2.75, 3.05) is 5.75 Å². The summed E-state index contributed by atoms with van der Waals surface area (Å²) < 4.78 is 21.0. The van der Waals surface area contributed by atoms with Gasteiger partial charge in [0.25, 0.3) is 0 Å². The standard InChI is InChI=1S/C5H10O2S/c1-3-5-8(6,7)4-2/h4H,2-3,5H2,1H3. The Kier molecular flexibility index (Phi) is 2.76. The quantitative estimate of drug-likeness (QED) is 0.576. The van der Waals surface area contributed by atoms with Crippen LogP contribution in [0.4, 0.5) is 0 Å². The van der Waals surface area contributed by atoms with E-state index in [0.717, 1.165) is 5.41 Å². The summed E-state index contributed by atoms with van der Waals surface area (Å²) in [6, 6.07) is 0. The average Bonchev–Trinajstić information content (AvgIpc) is 1.67. The molecule has 0 amide bonds. The maximum Gasteiger partial charge on any atom is 0.171 e. The Morgan fingerprint density at radius 1 is 1.62 bits per heavy atom. The molecule has 0 saturated heterocycles. The van der Waals surface area contributed by atoms with Crippen LogP contribution in [0.15, 0.2) is 12.0 Å². The lowest BCUT2D eigenvalue weighted by Gasteiger charge is -1.89. The van der Waals surface area contributed by atoms with Crippen LogP contribution in [-0.4, -0.2) is 14.2 Å². The van der Waals surface area contributed by atoms with Gasteiger partial charge >= 0.3 is 0 Å². The fourth-order valence-corrected chi connectivity index (χ4v) is 1.10. The molecule has 0 aliphatic rings. The second kappa shape index (κ2) is 2.87. The molecule has 0 spiro atoms. The molecule has 3 heteroatoms. The highest BCUT2D eigenvalue weighted by Crippen LogP contribution is 1.91. The van der Waals surface area contributed by atoms with Gasteiger partial charge in [-0.1, -0.05) is 13.5 Å². The first-order valence-corrected chi connectivity index (χ1v) is 4.19. The van der Waals surface area contributed by atoms with E-state index in [2.05, 4.69) is 6.58 Å². The molecule has 0 aliphatic carbocycles. The molecule has 0 rings (SSSR count). The molecule has 0 aromatic rings. The second-order valence-corrected chi connectivity index (χ2v) is 3.60. The highest BCUT2D eigenvalue weighted by molar-refractivity contribution is 7.94. The largest absolute Gasteiger partial charge is 0.224 e. The summed E-state index contributed by atoms with van der Waals surface area (Å²) in [7, 11) is -2.91. The normalized spacial score (nSPS) is 11.1. The zero-order valence-corrected chi connectivity index (χ0v) is 5.74. The Bertz CT molecular complexity index is 155. The third-order valence-corrected chi connectivity index (χ3v) is 2.23. The fourth-order valence-electron chi connectivity index (χ4n) is 0.368. The molecule has 0 aromatic carbocycles. The Hall–Kier alpha value is -0.310. The molecular formula is C5H10O2S. The number of rotatable bonds is 3. The highest BCUT2D eigenvalue weighted by atomic mass is 32.2. The van der Waals surface area contributed by atoms with Crippen LogP contribution in [0.25, 0.3) is 0 Å². The van der Waals surface area contributed by atoms with Crippen molar-refractivity contribution in [1.82, 2.24) is 0 Å². The third-order valence-electron chi connectivity index (χ3n) is 0.743. The third kappa shape index (κ3) is 2.80. The van der Waals surface area contributed by atoms with Gasteiger partial charge in [-0.05, 0) is 6.42 Å². The minimum Gasteiger partial charge on any atom is -0.224 e. The highest BCUT2D eigenvalue weighted by Gasteiger charge is 1.99. The van der Waals surface area contributed by atoms with E-state index >= 15 is 0 Å². The van der Waals surface area contributed by atoms with E-state index in [4.69, 9.17) is 0 Å². The first-order valence-electron chi connectivity index (χ1n) is 2.47. The summed E-state index contributed by atoms with van der Waals surface area (Å²) in [6.45, 7) is 4.98. The summed E-state index contributed by atoms with van der Waals surface area (Å²) >= 11 is 0. The maximum atomic E-state index is 10.5. The number of hydrogen-bond donors (Lipinski definition) is 0.